The fourth-order valence-electron chi connectivity index (χ4n) is 1.82. The van der Waals surface area contributed by atoms with Gasteiger partial charge in [0.1, 0.15) is 11.9 Å². The molecule has 0 aliphatic rings. The zero-order valence-corrected chi connectivity index (χ0v) is 11.5. The van der Waals surface area contributed by atoms with Crippen molar-refractivity contribution in [3.8, 4) is 0 Å². The number of carbonyl (C=O) groups excluding carboxylic acids is 1. The number of methoxy groups -OCH3 is 1. The maximum atomic E-state index is 12.9. The van der Waals surface area contributed by atoms with Crippen molar-refractivity contribution in [3.05, 3.63) is 35.6 Å². The maximum Gasteiger partial charge on any atom is 0.239 e. The quantitative estimate of drug-likeness (QED) is 0.824. The summed E-state index contributed by atoms with van der Waals surface area (Å²) in [5, 5.41) is 2.87. The lowest BCUT2D eigenvalue weighted by molar-refractivity contribution is -0.124. The van der Waals surface area contributed by atoms with E-state index >= 15 is 0 Å². The minimum absolute atomic E-state index is 0.167. The van der Waals surface area contributed by atoms with Crippen LogP contribution in [0.4, 0.5) is 4.39 Å². The predicted octanol–water partition coefficient (Wildman–Crippen LogP) is 1.61. The first-order chi connectivity index (χ1) is 8.95. The molecule has 0 heterocycles. The van der Waals surface area contributed by atoms with Gasteiger partial charge in [0, 0.05) is 7.11 Å². The first-order valence-corrected chi connectivity index (χ1v) is 6.26. The van der Waals surface area contributed by atoms with Gasteiger partial charge in [-0.05, 0) is 23.6 Å². The van der Waals surface area contributed by atoms with Crippen molar-refractivity contribution in [2.75, 3.05) is 13.7 Å². The number of hydrogen-bond donors (Lipinski definition) is 2. The number of halogens is 1. The van der Waals surface area contributed by atoms with Crippen LogP contribution >= 0.6 is 0 Å². The first-order valence-electron chi connectivity index (χ1n) is 6.26. The molecule has 5 heteroatoms. The average molecular weight is 268 g/mol. The van der Waals surface area contributed by atoms with Gasteiger partial charge in [0.25, 0.3) is 0 Å². The fraction of sp³-hybridized carbons (Fsp3) is 0.500. The number of benzene rings is 1. The van der Waals surface area contributed by atoms with Gasteiger partial charge in [-0.15, -0.1) is 0 Å². The van der Waals surface area contributed by atoms with Crippen molar-refractivity contribution in [2.24, 2.45) is 11.7 Å². The monoisotopic (exact) mass is 268 g/mol. The molecule has 0 aliphatic carbocycles. The third kappa shape index (κ3) is 4.61. The van der Waals surface area contributed by atoms with Crippen LogP contribution in [0.1, 0.15) is 25.5 Å². The summed E-state index contributed by atoms with van der Waals surface area (Å²) < 4.78 is 17.8. The van der Waals surface area contributed by atoms with Gasteiger partial charge in [0.2, 0.25) is 5.91 Å². The number of nitrogens with two attached hydrogens (primary N) is 1. The van der Waals surface area contributed by atoms with Crippen LogP contribution < -0.4 is 11.1 Å². The molecule has 0 radical (unpaired) electrons. The number of ether oxygens (including phenoxy) is 1. The largest absolute Gasteiger partial charge is 0.383 e. The summed E-state index contributed by atoms with van der Waals surface area (Å²) in [6, 6.07) is 5.20. The van der Waals surface area contributed by atoms with E-state index in [-0.39, 0.29) is 30.3 Å². The molecular formula is C14H21FN2O2. The summed E-state index contributed by atoms with van der Waals surface area (Å²) in [6.07, 6.45) is 0. The Morgan fingerprint density at radius 2 is 1.95 bits per heavy atom. The highest BCUT2D eigenvalue weighted by Crippen LogP contribution is 2.21. The summed E-state index contributed by atoms with van der Waals surface area (Å²) in [5.74, 6) is -0.400. The Kier molecular flexibility index (Phi) is 5.92. The van der Waals surface area contributed by atoms with Gasteiger partial charge in [-0.25, -0.2) is 4.39 Å². The first kappa shape index (κ1) is 15.6. The molecule has 4 nitrogen and oxygen atoms in total. The van der Waals surface area contributed by atoms with Gasteiger partial charge in [0.05, 0.1) is 12.6 Å². The van der Waals surface area contributed by atoms with Gasteiger partial charge < -0.3 is 15.8 Å². The minimum Gasteiger partial charge on any atom is -0.383 e. The van der Waals surface area contributed by atoms with Gasteiger partial charge in [-0.3, -0.25) is 4.79 Å². The molecule has 1 rings (SSSR count). The Morgan fingerprint density at radius 3 is 2.42 bits per heavy atom. The Labute approximate surface area is 113 Å². The van der Waals surface area contributed by atoms with E-state index in [2.05, 4.69) is 5.32 Å². The van der Waals surface area contributed by atoms with Crippen molar-refractivity contribution in [3.63, 3.8) is 0 Å². The lowest BCUT2D eigenvalue weighted by Gasteiger charge is -2.24. The van der Waals surface area contributed by atoms with Crippen LogP contribution in [-0.2, 0) is 9.53 Å². The molecule has 0 aliphatic heterocycles. The van der Waals surface area contributed by atoms with Crippen LogP contribution in [0.2, 0.25) is 0 Å². The lowest BCUT2D eigenvalue weighted by atomic mass is 9.95. The highest BCUT2D eigenvalue weighted by Gasteiger charge is 2.21. The number of nitrogens with one attached hydrogen (secondary N) is 1. The summed E-state index contributed by atoms with van der Waals surface area (Å²) >= 11 is 0. The molecule has 1 aromatic carbocycles. The Balaban J connectivity index is 2.79. The number of carbonyl (C=O) groups is 1. The van der Waals surface area contributed by atoms with Gasteiger partial charge >= 0.3 is 0 Å². The van der Waals surface area contributed by atoms with Crippen molar-refractivity contribution in [1.82, 2.24) is 5.32 Å². The normalized spacial score (nSPS) is 14.2. The standard InChI is InChI=1S/C14H21FN2O2/c1-9(2)13(10-4-6-11(15)7-5-10)17-14(18)12(16)8-19-3/h4-7,9,12-13H,8,16H2,1-3H3,(H,17,18). The molecule has 2 unspecified atom stereocenters. The van der Waals surface area contributed by atoms with E-state index < -0.39 is 6.04 Å². The average Bonchev–Trinajstić information content (AvgIpc) is 2.37. The zero-order valence-electron chi connectivity index (χ0n) is 11.5. The summed E-state index contributed by atoms with van der Waals surface area (Å²) in [4.78, 5) is 11.9. The van der Waals surface area contributed by atoms with Gasteiger partial charge in [-0.1, -0.05) is 26.0 Å². The lowest BCUT2D eigenvalue weighted by Crippen LogP contribution is -2.45. The Morgan fingerprint density at radius 1 is 1.37 bits per heavy atom. The molecule has 0 bridgehead atoms. The molecule has 0 fully saturated rings. The number of amides is 1. The van der Waals surface area contributed by atoms with E-state index in [0.717, 1.165) is 5.56 Å². The Hall–Kier alpha value is -1.46. The van der Waals surface area contributed by atoms with Crippen molar-refractivity contribution >= 4 is 5.91 Å². The van der Waals surface area contributed by atoms with E-state index in [9.17, 15) is 9.18 Å². The maximum absolute atomic E-state index is 12.9. The number of rotatable bonds is 6. The smallest absolute Gasteiger partial charge is 0.239 e. The predicted molar refractivity (Wildman–Crippen MR) is 72.0 cm³/mol. The molecule has 106 valence electrons. The summed E-state index contributed by atoms with van der Waals surface area (Å²) in [6.45, 7) is 4.13. The van der Waals surface area contributed by atoms with Crippen LogP contribution in [0.25, 0.3) is 0 Å². The third-order valence-electron chi connectivity index (χ3n) is 2.88. The zero-order chi connectivity index (χ0) is 14.4. The van der Waals surface area contributed by atoms with Crippen LogP contribution in [-0.4, -0.2) is 25.7 Å². The van der Waals surface area contributed by atoms with E-state index in [0.29, 0.717) is 0 Å². The molecule has 0 spiro atoms. The van der Waals surface area contributed by atoms with Crippen molar-refractivity contribution in [2.45, 2.75) is 25.9 Å². The van der Waals surface area contributed by atoms with Gasteiger partial charge in [0.15, 0.2) is 0 Å². The second kappa shape index (κ2) is 7.21. The van der Waals surface area contributed by atoms with Crippen LogP contribution in [0.3, 0.4) is 0 Å². The highest BCUT2D eigenvalue weighted by molar-refractivity contribution is 5.82. The molecule has 19 heavy (non-hydrogen) atoms. The van der Waals surface area contributed by atoms with Crippen LogP contribution in [0.15, 0.2) is 24.3 Å². The van der Waals surface area contributed by atoms with Crippen molar-refractivity contribution in [1.29, 1.82) is 0 Å². The van der Waals surface area contributed by atoms with Crippen LogP contribution in [0, 0.1) is 11.7 Å². The minimum atomic E-state index is -0.702. The van der Waals surface area contributed by atoms with Gasteiger partial charge in [-0.2, -0.15) is 0 Å². The summed E-state index contributed by atoms with van der Waals surface area (Å²) in [7, 11) is 1.49. The van der Waals surface area contributed by atoms with E-state index in [1.165, 1.54) is 19.2 Å². The van der Waals surface area contributed by atoms with Crippen LogP contribution in [0.5, 0.6) is 0 Å². The van der Waals surface area contributed by atoms with E-state index in [1.807, 2.05) is 13.8 Å². The Bertz CT molecular complexity index is 406. The molecular weight excluding hydrogens is 247 g/mol. The molecule has 1 aromatic rings. The third-order valence-corrected chi connectivity index (χ3v) is 2.88. The fourth-order valence-corrected chi connectivity index (χ4v) is 1.82. The topological polar surface area (TPSA) is 64.3 Å². The summed E-state index contributed by atoms with van der Waals surface area (Å²) in [5.41, 5.74) is 6.54. The second-order valence-electron chi connectivity index (χ2n) is 4.84. The molecule has 0 aromatic heterocycles. The molecule has 3 N–H and O–H groups in total. The molecule has 0 saturated heterocycles. The molecule has 1 amide bonds. The highest BCUT2D eigenvalue weighted by atomic mass is 19.1. The van der Waals surface area contributed by atoms with Crippen molar-refractivity contribution < 1.29 is 13.9 Å². The SMILES string of the molecule is COCC(N)C(=O)NC(c1ccc(F)cc1)C(C)C. The number of hydrogen-bond acceptors (Lipinski definition) is 3. The van der Waals surface area contributed by atoms with E-state index in [1.54, 1.807) is 12.1 Å². The van der Waals surface area contributed by atoms with E-state index in [4.69, 9.17) is 10.5 Å². The second-order valence-corrected chi connectivity index (χ2v) is 4.84. The molecule has 0 saturated carbocycles. The molecule has 2 atom stereocenters.